The summed E-state index contributed by atoms with van der Waals surface area (Å²) in [6, 6.07) is 10.5. The van der Waals surface area contributed by atoms with E-state index in [2.05, 4.69) is 15.0 Å². The predicted molar refractivity (Wildman–Crippen MR) is 127 cm³/mol. The van der Waals surface area contributed by atoms with E-state index in [1.807, 2.05) is 18.2 Å². The molecule has 0 amide bonds. The van der Waals surface area contributed by atoms with Crippen molar-refractivity contribution < 1.29 is 27.4 Å². The monoisotopic (exact) mass is 495 g/mol. The number of benzene rings is 2. The summed E-state index contributed by atoms with van der Waals surface area (Å²) >= 11 is 0. The summed E-state index contributed by atoms with van der Waals surface area (Å²) in [6.45, 7) is 2.39. The zero-order chi connectivity index (χ0) is 25.3. The van der Waals surface area contributed by atoms with Gasteiger partial charge in [-0.2, -0.15) is 13.2 Å². The summed E-state index contributed by atoms with van der Waals surface area (Å²) in [5, 5.41) is 0.929. The summed E-state index contributed by atoms with van der Waals surface area (Å²) in [4.78, 5) is 24.1. The van der Waals surface area contributed by atoms with Crippen molar-refractivity contribution in [3.8, 4) is 17.1 Å². The number of hydrogen-bond acceptors (Lipinski definition) is 5. The first-order chi connectivity index (χ1) is 17.3. The molecule has 0 radical (unpaired) electrons. The van der Waals surface area contributed by atoms with E-state index in [1.165, 1.54) is 12.1 Å². The van der Waals surface area contributed by atoms with Gasteiger partial charge in [0.2, 0.25) is 0 Å². The molecule has 0 atom stereocenters. The average Bonchev–Trinajstić information content (AvgIpc) is 3.64. The number of hydrogen-bond donors (Lipinski definition) is 1. The number of fused-ring (bicyclic) bond motifs is 1. The van der Waals surface area contributed by atoms with Crippen molar-refractivity contribution in [2.45, 2.75) is 44.9 Å². The number of aromatic nitrogens is 3. The Labute approximate surface area is 205 Å². The number of carbonyl (C=O) groups excluding carboxylic acids is 1. The van der Waals surface area contributed by atoms with Crippen LogP contribution in [0.25, 0.3) is 22.3 Å². The van der Waals surface area contributed by atoms with Gasteiger partial charge in [-0.1, -0.05) is 12.1 Å². The molecule has 1 aliphatic carbocycles. The molecular weight excluding hydrogens is 471 g/mol. The summed E-state index contributed by atoms with van der Waals surface area (Å²) in [5.41, 5.74) is 3.26. The smallest absolute Gasteiger partial charge is 0.416 e. The molecule has 0 bridgehead atoms. The quantitative estimate of drug-likeness (QED) is 0.294. The summed E-state index contributed by atoms with van der Waals surface area (Å²) in [6.07, 6.45) is 1.32. The normalized spacial score (nSPS) is 13.7. The lowest BCUT2D eigenvalue weighted by Gasteiger charge is -2.12. The van der Waals surface area contributed by atoms with Crippen LogP contribution in [0.4, 0.5) is 13.2 Å². The Morgan fingerprint density at radius 2 is 1.89 bits per heavy atom. The molecule has 9 heteroatoms. The standard InChI is InChI=1S/C27H24F3N3O3/c1-2-35-24(34)11-18-13-31-23-12-21(9-10-22(18)23)36-15-19-14-32-26(33-25(19)16-3-4-16)17-5-7-20(8-6-17)27(28,29)30/h5-10,12-14,16,31H,2-4,11,15H2,1H3. The molecule has 36 heavy (non-hydrogen) atoms. The van der Waals surface area contributed by atoms with Crippen molar-refractivity contribution in [3.05, 3.63) is 77.2 Å². The van der Waals surface area contributed by atoms with Gasteiger partial charge in [0.15, 0.2) is 5.82 Å². The highest BCUT2D eigenvalue weighted by Crippen LogP contribution is 2.41. The molecule has 186 valence electrons. The fourth-order valence-corrected chi connectivity index (χ4v) is 4.12. The fourth-order valence-electron chi connectivity index (χ4n) is 4.12. The lowest BCUT2D eigenvalue weighted by atomic mass is 10.1. The molecule has 0 aliphatic heterocycles. The molecule has 5 rings (SSSR count). The van der Waals surface area contributed by atoms with Gasteiger partial charge in [0.05, 0.1) is 24.3 Å². The molecule has 1 aliphatic rings. The van der Waals surface area contributed by atoms with E-state index in [-0.39, 0.29) is 19.0 Å². The summed E-state index contributed by atoms with van der Waals surface area (Å²) in [7, 11) is 0. The number of H-pyrrole nitrogens is 1. The van der Waals surface area contributed by atoms with Crippen LogP contribution in [0.3, 0.4) is 0 Å². The minimum Gasteiger partial charge on any atom is -0.489 e. The SMILES string of the molecule is CCOC(=O)Cc1c[nH]c2cc(OCc3cnc(-c4ccc(C(F)(F)F)cc4)nc3C3CC3)ccc12. The van der Waals surface area contributed by atoms with Crippen molar-refractivity contribution in [1.29, 1.82) is 0 Å². The first-order valence-corrected chi connectivity index (χ1v) is 11.7. The number of ether oxygens (including phenoxy) is 2. The van der Waals surface area contributed by atoms with E-state index in [1.54, 1.807) is 19.3 Å². The lowest BCUT2D eigenvalue weighted by Crippen LogP contribution is -2.07. The van der Waals surface area contributed by atoms with E-state index >= 15 is 0 Å². The zero-order valence-corrected chi connectivity index (χ0v) is 19.6. The number of esters is 1. The van der Waals surface area contributed by atoms with Gasteiger partial charge >= 0.3 is 12.1 Å². The molecule has 6 nitrogen and oxygen atoms in total. The van der Waals surface area contributed by atoms with Crippen LogP contribution in [0.5, 0.6) is 5.75 Å². The molecule has 2 aromatic heterocycles. The molecule has 2 aromatic carbocycles. The van der Waals surface area contributed by atoms with Crippen LogP contribution in [0.15, 0.2) is 54.9 Å². The minimum atomic E-state index is -4.38. The maximum Gasteiger partial charge on any atom is 0.416 e. The lowest BCUT2D eigenvalue weighted by molar-refractivity contribution is -0.142. The van der Waals surface area contributed by atoms with E-state index in [0.29, 0.717) is 29.7 Å². The highest BCUT2D eigenvalue weighted by Gasteiger charge is 2.31. The Kier molecular flexibility index (Phi) is 6.38. The first-order valence-electron chi connectivity index (χ1n) is 11.7. The van der Waals surface area contributed by atoms with Gasteiger partial charge in [0, 0.05) is 46.4 Å². The largest absolute Gasteiger partial charge is 0.489 e. The molecule has 0 saturated heterocycles. The highest BCUT2D eigenvalue weighted by atomic mass is 19.4. The summed E-state index contributed by atoms with van der Waals surface area (Å²) in [5.74, 6) is 1.08. The van der Waals surface area contributed by atoms with Gasteiger partial charge in [-0.25, -0.2) is 9.97 Å². The topological polar surface area (TPSA) is 77.1 Å². The van der Waals surface area contributed by atoms with Crippen molar-refractivity contribution in [2.24, 2.45) is 0 Å². The van der Waals surface area contributed by atoms with E-state index in [4.69, 9.17) is 9.47 Å². The van der Waals surface area contributed by atoms with Gasteiger partial charge in [-0.3, -0.25) is 4.79 Å². The highest BCUT2D eigenvalue weighted by molar-refractivity contribution is 5.88. The minimum absolute atomic E-state index is 0.196. The first kappa shape index (κ1) is 23.8. The number of halogens is 3. The Hall–Kier alpha value is -3.88. The second-order valence-electron chi connectivity index (χ2n) is 8.75. The van der Waals surface area contributed by atoms with Crippen LogP contribution in [-0.4, -0.2) is 27.5 Å². The Morgan fingerprint density at radius 1 is 1.11 bits per heavy atom. The Balaban J connectivity index is 1.31. The molecule has 1 N–H and O–H groups in total. The number of rotatable bonds is 8. The van der Waals surface area contributed by atoms with Gasteiger partial charge in [-0.15, -0.1) is 0 Å². The average molecular weight is 496 g/mol. The maximum absolute atomic E-state index is 12.9. The molecule has 2 heterocycles. The van der Waals surface area contributed by atoms with Gasteiger partial charge in [0.1, 0.15) is 12.4 Å². The van der Waals surface area contributed by atoms with Crippen molar-refractivity contribution in [1.82, 2.24) is 15.0 Å². The van der Waals surface area contributed by atoms with Crippen LogP contribution < -0.4 is 4.74 Å². The van der Waals surface area contributed by atoms with Crippen molar-refractivity contribution in [3.63, 3.8) is 0 Å². The van der Waals surface area contributed by atoms with E-state index < -0.39 is 11.7 Å². The third kappa shape index (κ3) is 5.19. The van der Waals surface area contributed by atoms with Crippen molar-refractivity contribution >= 4 is 16.9 Å². The maximum atomic E-state index is 12.9. The van der Waals surface area contributed by atoms with E-state index in [9.17, 15) is 18.0 Å². The molecule has 1 fully saturated rings. The van der Waals surface area contributed by atoms with Gasteiger partial charge in [0.25, 0.3) is 0 Å². The number of carbonyl (C=O) groups is 1. The fraction of sp³-hybridized carbons (Fsp3) is 0.296. The van der Waals surface area contributed by atoms with Crippen molar-refractivity contribution in [2.75, 3.05) is 6.61 Å². The Morgan fingerprint density at radius 3 is 2.58 bits per heavy atom. The number of alkyl halides is 3. The van der Waals surface area contributed by atoms with E-state index in [0.717, 1.165) is 52.7 Å². The Bertz CT molecular complexity index is 1390. The van der Waals surface area contributed by atoms with Crippen LogP contribution >= 0.6 is 0 Å². The molecule has 1 saturated carbocycles. The number of aromatic amines is 1. The van der Waals surface area contributed by atoms with Crippen LogP contribution in [0.2, 0.25) is 0 Å². The molecular formula is C27H24F3N3O3. The van der Waals surface area contributed by atoms with Gasteiger partial charge in [-0.05, 0) is 49.6 Å². The molecule has 0 unspecified atom stereocenters. The number of nitrogens with zero attached hydrogens (tertiary/aromatic N) is 2. The predicted octanol–water partition coefficient (Wildman–Crippen LogP) is 6.21. The second kappa shape index (κ2) is 9.64. The van der Waals surface area contributed by atoms with Crippen LogP contribution in [0, 0.1) is 0 Å². The zero-order valence-electron chi connectivity index (χ0n) is 19.6. The third-order valence-corrected chi connectivity index (χ3v) is 6.11. The molecule has 0 spiro atoms. The second-order valence-corrected chi connectivity index (χ2v) is 8.75. The van der Waals surface area contributed by atoms with Gasteiger partial charge < -0.3 is 14.5 Å². The molecule has 4 aromatic rings. The number of nitrogens with one attached hydrogen (secondary N) is 1. The third-order valence-electron chi connectivity index (χ3n) is 6.11. The van der Waals surface area contributed by atoms with Crippen LogP contribution in [0.1, 0.15) is 48.1 Å². The van der Waals surface area contributed by atoms with Crippen LogP contribution in [-0.2, 0) is 28.7 Å². The summed E-state index contributed by atoms with van der Waals surface area (Å²) < 4.78 is 49.7.